The van der Waals surface area contributed by atoms with Crippen LogP contribution in [-0.2, 0) is 14.8 Å². The molecule has 0 saturated carbocycles. The number of nitriles is 1. The lowest BCUT2D eigenvalue weighted by molar-refractivity contribution is -0.140. The van der Waals surface area contributed by atoms with Crippen molar-refractivity contribution in [1.29, 1.82) is 5.26 Å². The summed E-state index contributed by atoms with van der Waals surface area (Å²) >= 11 is 0. The van der Waals surface area contributed by atoms with Crippen LogP contribution in [-0.4, -0.2) is 25.5 Å². The molecule has 2 atom stereocenters. The van der Waals surface area contributed by atoms with Crippen LogP contribution < -0.4 is 4.72 Å². The number of carbonyl (C=O) groups is 1. The molecular weight excluding hydrogens is 318 g/mol. The SMILES string of the molecule is CC[C@H](C)[C@H](NS(=O)(=O)c1c(F)cc(C#N)cc1F)C(=O)O. The second-order valence-corrected chi connectivity index (χ2v) is 6.35. The quantitative estimate of drug-likeness (QED) is 0.823. The molecule has 0 fully saturated rings. The molecule has 1 aromatic rings. The largest absolute Gasteiger partial charge is 0.480 e. The van der Waals surface area contributed by atoms with Gasteiger partial charge >= 0.3 is 5.97 Å². The molecule has 120 valence electrons. The number of hydrogen-bond acceptors (Lipinski definition) is 4. The molecule has 1 aromatic carbocycles. The van der Waals surface area contributed by atoms with Crippen molar-refractivity contribution in [2.24, 2.45) is 5.92 Å². The Morgan fingerprint density at radius 1 is 1.41 bits per heavy atom. The maximum atomic E-state index is 13.8. The van der Waals surface area contributed by atoms with E-state index in [1.165, 1.54) is 13.0 Å². The first-order valence-corrected chi connectivity index (χ1v) is 7.76. The highest BCUT2D eigenvalue weighted by Gasteiger charge is 2.33. The summed E-state index contributed by atoms with van der Waals surface area (Å²) in [6, 6.07) is 1.09. The molecule has 0 bridgehead atoms. The molecule has 0 heterocycles. The van der Waals surface area contributed by atoms with Crippen LogP contribution in [0.1, 0.15) is 25.8 Å². The van der Waals surface area contributed by atoms with Crippen LogP contribution in [0, 0.1) is 28.9 Å². The fraction of sp³-hybridized carbons (Fsp3) is 0.385. The van der Waals surface area contributed by atoms with Crippen LogP contribution in [0.15, 0.2) is 17.0 Å². The molecule has 0 aromatic heterocycles. The molecule has 0 saturated heterocycles. The Balaban J connectivity index is 3.31. The van der Waals surface area contributed by atoms with Crippen molar-refractivity contribution in [3.05, 3.63) is 29.3 Å². The van der Waals surface area contributed by atoms with Gasteiger partial charge in [-0.05, 0) is 18.1 Å². The highest BCUT2D eigenvalue weighted by molar-refractivity contribution is 7.89. The van der Waals surface area contributed by atoms with E-state index >= 15 is 0 Å². The van der Waals surface area contributed by atoms with Crippen LogP contribution in [0.4, 0.5) is 8.78 Å². The fourth-order valence-corrected chi connectivity index (χ4v) is 3.17. The average molecular weight is 332 g/mol. The Morgan fingerprint density at radius 3 is 2.27 bits per heavy atom. The third-order valence-corrected chi connectivity index (χ3v) is 4.65. The van der Waals surface area contributed by atoms with Crippen molar-refractivity contribution in [1.82, 2.24) is 4.72 Å². The molecule has 0 unspecified atom stereocenters. The van der Waals surface area contributed by atoms with Gasteiger partial charge in [-0.2, -0.15) is 9.98 Å². The zero-order valence-corrected chi connectivity index (χ0v) is 12.6. The molecule has 2 N–H and O–H groups in total. The zero-order chi connectivity index (χ0) is 17.1. The van der Waals surface area contributed by atoms with Crippen LogP contribution in [0.3, 0.4) is 0 Å². The number of rotatable bonds is 6. The van der Waals surface area contributed by atoms with E-state index in [1.54, 1.807) is 11.6 Å². The number of carboxylic acids is 1. The smallest absolute Gasteiger partial charge is 0.322 e. The van der Waals surface area contributed by atoms with Crippen molar-refractivity contribution in [2.75, 3.05) is 0 Å². The van der Waals surface area contributed by atoms with Gasteiger partial charge in [0.1, 0.15) is 17.7 Å². The maximum Gasteiger partial charge on any atom is 0.322 e. The van der Waals surface area contributed by atoms with Crippen molar-refractivity contribution < 1.29 is 27.1 Å². The molecule has 6 nitrogen and oxygen atoms in total. The lowest BCUT2D eigenvalue weighted by Gasteiger charge is -2.20. The third-order valence-electron chi connectivity index (χ3n) is 3.16. The van der Waals surface area contributed by atoms with Gasteiger partial charge in [-0.3, -0.25) is 4.79 Å². The molecule has 0 aliphatic heterocycles. The summed E-state index contributed by atoms with van der Waals surface area (Å²) < 4.78 is 53.5. The predicted molar refractivity (Wildman–Crippen MR) is 72.3 cm³/mol. The Kier molecular flexibility index (Phi) is 5.57. The summed E-state index contributed by atoms with van der Waals surface area (Å²) in [5, 5.41) is 17.6. The Morgan fingerprint density at radius 2 is 1.91 bits per heavy atom. The standard InChI is InChI=1S/C13H14F2N2O4S/c1-3-7(2)11(13(18)19)17-22(20,21)12-9(14)4-8(6-16)5-10(12)15/h4-5,7,11,17H,3H2,1-2H3,(H,18,19)/t7-,11-/m0/s1. The highest BCUT2D eigenvalue weighted by atomic mass is 32.2. The van der Waals surface area contributed by atoms with E-state index < -0.39 is 44.5 Å². The lowest BCUT2D eigenvalue weighted by Crippen LogP contribution is -2.45. The van der Waals surface area contributed by atoms with Gasteiger partial charge < -0.3 is 5.11 Å². The molecule has 9 heteroatoms. The van der Waals surface area contributed by atoms with Gasteiger partial charge in [0.05, 0.1) is 11.6 Å². The number of halogens is 2. The third kappa shape index (κ3) is 3.78. The first-order chi connectivity index (χ1) is 10.1. The molecule has 0 radical (unpaired) electrons. The van der Waals surface area contributed by atoms with E-state index in [9.17, 15) is 22.0 Å². The fourth-order valence-electron chi connectivity index (χ4n) is 1.75. The Hall–Kier alpha value is -2.05. The predicted octanol–water partition coefficient (Wildman–Crippen LogP) is 1.61. The summed E-state index contributed by atoms with van der Waals surface area (Å²) in [6.45, 7) is 3.14. The van der Waals surface area contributed by atoms with Gasteiger partial charge in [-0.1, -0.05) is 20.3 Å². The highest BCUT2D eigenvalue weighted by Crippen LogP contribution is 2.22. The van der Waals surface area contributed by atoms with Crippen molar-refractivity contribution >= 4 is 16.0 Å². The zero-order valence-electron chi connectivity index (χ0n) is 11.8. The first-order valence-electron chi connectivity index (χ1n) is 6.28. The van der Waals surface area contributed by atoms with Crippen LogP contribution >= 0.6 is 0 Å². The maximum absolute atomic E-state index is 13.8. The summed E-state index contributed by atoms with van der Waals surface area (Å²) in [5.74, 6) is -4.96. The number of nitrogens with one attached hydrogen (secondary N) is 1. The molecule has 22 heavy (non-hydrogen) atoms. The van der Waals surface area contributed by atoms with Gasteiger partial charge in [-0.15, -0.1) is 0 Å². The van der Waals surface area contributed by atoms with Crippen molar-refractivity contribution in [2.45, 2.75) is 31.2 Å². The second-order valence-electron chi connectivity index (χ2n) is 4.70. The summed E-state index contributed by atoms with van der Waals surface area (Å²) in [5.41, 5.74) is -0.384. The van der Waals surface area contributed by atoms with E-state index in [0.717, 1.165) is 0 Å². The van der Waals surface area contributed by atoms with Gasteiger partial charge in [0, 0.05) is 0 Å². The molecular formula is C13H14F2N2O4S. The molecule has 0 spiro atoms. The normalized spacial score (nSPS) is 14.1. The number of hydrogen-bond donors (Lipinski definition) is 2. The number of aliphatic carboxylic acids is 1. The number of benzene rings is 1. The van der Waals surface area contributed by atoms with Crippen LogP contribution in [0.2, 0.25) is 0 Å². The van der Waals surface area contributed by atoms with Gasteiger partial charge in [0.25, 0.3) is 0 Å². The van der Waals surface area contributed by atoms with Crippen LogP contribution in [0.5, 0.6) is 0 Å². The minimum atomic E-state index is -4.74. The molecule has 0 amide bonds. The molecule has 0 aliphatic carbocycles. The number of nitrogens with zero attached hydrogens (tertiary/aromatic N) is 1. The average Bonchev–Trinajstić information content (AvgIpc) is 2.42. The monoisotopic (exact) mass is 332 g/mol. The van der Waals surface area contributed by atoms with E-state index in [4.69, 9.17) is 10.4 Å². The minimum absolute atomic E-state index is 0.345. The molecule has 0 aliphatic rings. The Labute approximate surface area is 126 Å². The molecule has 1 rings (SSSR count). The minimum Gasteiger partial charge on any atom is -0.480 e. The second kappa shape index (κ2) is 6.81. The van der Waals surface area contributed by atoms with E-state index in [0.29, 0.717) is 18.6 Å². The van der Waals surface area contributed by atoms with Gasteiger partial charge in [0.2, 0.25) is 10.0 Å². The Bertz CT molecular complexity index is 705. The summed E-state index contributed by atoms with van der Waals surface area (Å²) in [7, 11) is -4.74. The van der Waals surface area contributed by atoms with Crippen LogP contribution in [0.25, 0.3) is 0 Å². The van der Waals surface area contributed by atoms with E-state index in [-0.39, 0.29) is 5.56 Å². The van der Waals surface area contributed by atoms with Gasteiger partial charge in [-0.25, -0.2) is 17.2 Å². The summed E-state index contributed by atoms with van der Waals surface area (Å²) in [4.78, 5) is 9.82. The van der Waals surface area contributed by atoms with Crippen molar-refractivity contribution in [3.63, 3.8) is 0 Å². The first kappa shape index (κ1) is 18.0. The summed E-state index contributed by atoms with van der Waals surface area (Å²) in [6.07, 6.45) is 0.345. The van der Waals surface area contributed by atoms with Gasteiger partial charge in [0.15, 0.2) is 4.90 Å². The van der Waals surface area contributed by atoms with Crippen molar-refractivity contribution in [3.8, 4) is 6.07 Å². The number of carboxylic acid groups (broad SMARTS) is 1. The van der Waals surface area contributed by atoms with E-state index in [2.05, 4.69) is 0 Å². The lowest BCUT2D eigenvalue weighted by atomic mass is 10.0. The number of sulfonamides is 1. The van der Waals surface area contributed by atoms with E-state index in [1.807, 2.05) is 0 Å². The topological polar surface area (TPSA) is 107 Å².